The third-order valence-electron chi connectivity index (χ3n) is 1.35. The SMILES string of the molecule is CCCCN(OCCO)OCCO.I. The average Bonchev–Trinajstić information content (AvgIpc) is 2.17. The van der Waals surface area contributed by atoms with E-state index in [-0.39, 0.29) is 50.4 Å². The fourth-order valence-electron chi connectivity index (χ4n) is 0.739. The lowest BCUT2D eigenvalue weighted by Crippen LogP contribution is -2.28. The van der Waals surface area contributed by atoms with Crippen molar-refractivity contribution in [2.24, 2.45) is 0 Å². The number of rotatable bonds is 9. The first-order valence-electron chi connectivity index (χ1n) is 4.60. The minimum atomic E-state index is -0.0366. The maximum absolute atomic E-state index is 8.51. The molecule has 0 aromatic rings. The third-order valence-corrected chi connectivity index (χ3v) is 1.35. The molecule has 0 saturated carbocycles. The van der Waals surface area contributed by atoms with Gasteiger partial charge in [0.05, 0.1) is 33.0 Å². The standard InChI is InChI=1S/C8H19NO4.HI/c1-2-3-4-9(12-7-5-10)13-8-6-11;/h10-11H,2-8H2,1H3;1H. The molecule has 0 aliphatic rings. The van der Waals surface area contributed by atoms with Gasteiger partial charge in [0.25, 0.3) is 0 Å². The van der Waals surface area contributed by atoms with Crippen LogP contribution in [0.15, 0.2) is 0 Å². The molecular formula is C8H20INO4. The van der Waals surface area contributed by atoms with Crippen molar-refractivity contribution in [3.05, 3.63) is 0 Å². The molecule has 0 aliphatic carbocycles. The third kappa shape index (κ3) is 10.6. The summed E-state index contributed by atoms with van der Waals surface area (Å²) in [5.41, 5.74) is 0. The van der Waals surface area contributed by atoms with E-state index in [1.807, 2.05) is 0 Å². The van der Waals surface area contributed by atoms with Gasteiger partial charge in [-0.05, 0) is 6.42 Å². The Balaban J connectivity index is 0. The van der Waals surface area contributed by atoms with E-state index in [4.69, 9.17) is 19.9 Å². The van der Waals surface area contributed by atoms with Gasteiger partial charge in [0.2, 0.25) is 0 Å². The van der Waals surface area contributed by atoms with Gasteiger partial charge >= 0.3 is 0 Å². The van der Waals surface area contributed by atoms with Crippen LogP contribution in [-0.2, 0) is 9.68 Å². The Labute approximate surface area is 102 Å². The summed E-state index contributed by atoms with van der Waals surface area (Å²) in [5, 5.41) is 18.3. The number of aliphatic hydroxyl groups excluding tert-OH is 2. The van der Waals surface area contributed by atoms with E-state index in [0.29, 0.717) is 6.54 Å². The maximum atomic E-state index is 8.51. The van der Waals surface area contributed by atoms with Crippen LogP contribution in [0, 0.1) is 0 Å². The second-order valence-corrected chi connectivity index (χ2v) is 2.52. The predicted octanol–water partition coefficient (Wildman–Crippen LogP) is 0.554. The normalized spacial score (nSPS) is 10.3. The molecular weight excluding hydrogens is 301 g/mol. The molecule has 0 rings (SSSR count). The highest BCUT2D eigenvalue weighted by atomic mass is 127. The summed E-state index contributed by atoms with van der Waals surface area (Å²) in [6, 6.07) is 0. The molecule has 0 unspecified atom stereocenters. The molecule has 0 aliphatic heterocycles. The first-order valence-corrected chi connectivity index (χ1v) is 4.60. The van der Waals surface area contributed by atoms with Gasteiger partial charge in [-0.3, -0.25) is 9.68 Å². The van der Waals surface area contributed by atoms with Crippen LogP contribution in [0.1, 0.15) is 19.8 Å². The first kappa shape index (κ1) is 16.9. The summed E-state index contributed by atoms with van der Waals surface area (Å²) >= 11 is 0. The zero-order chi connectivity index (χ0) is 9.94. The van der Waals surface area contributed by atoms with Crippen molar-refractivity contribution in [2.45, 2.75) is 19.8 Å². The number of hydrogen-bond acceptors (Lipinski definition) is 5. The second kappa shape index (κ2) is 13.5. The number of aliphatic hydroxyl groups is 2. The molecule has 0 spiro atoms. The lowest BCUT2D eigenvalue weighted by Gasteiger charge is -2.19. The minimum absolute atomic E-state index is 0. The fraction of sp³-hybridized carbons (Fsp3) is 1.00. The maximum Gasteiger partial charge on any atom is 0.0942 e. The molecule has 0 aromatic heterocycles. The number of hydrogen-bond donors (Lipinski definition) is 2. The number of nitrogens with zero attached hydrogens (tertiary/aromatic N) is 1. The van der Waals surface area contributed by atoms with Crippen LogP contribution in [0.2, 0.25) is 0 Å². The Morgan fingerprint density at radius 3 is 1.93 bits per heavy atom. The zero-order valence-electron chi connectivity index (χ0n) is 8.52. The van der Waals surface area contributed by atoms with Crippen LogP contribution < -0.4 is 0 Å². The van der Waals surface area contributed by atoms with Crippen LogP contribution in [0.5, 0.6) is 0 Å². The van der Waals surface area contributed by atoms with Crippen molar-refractivity contribution in [1.29, 1.82) is 0 Å². The van der Waals surface area contributed by atoms with Gasteiger partial charge < -0.3 is 10.2 Å². The lowest BCUT2D eigenvalue weighted by atomic mass is 10.3. The summed E-state index contributed by atoms with van der Waals surface area (Å²) in [6.45, 7) is 3.08. The van der Waals surface area contributed by atoms with Crippen molar-refractivity contribution in [1.82, 2.24) is 5.23 Å². The number of halogens is 1. The zero-order valence-corrected chi connectivity index (χ0v) is 10.8. The van der Waals surface area contributed by atoms with Crippen molar-refractivity contribution in [3.8, 4) is 0 Å². The molecule has 6 heteroatoms. The van der Waals surface area contributed by atoms with Gasteiger partial charge in [-0.25, -0.2) is 0 Å². The Bertz CT molecular complexity index is 88.3. The first-order chi connectivity index (χ1) is 6.35. The highest BCUT2D eigenvalue weighted by Crippen LogP contribution is 1.97. The minimum Gasteiger partial charge on any atom is -0.394 e. The topological polar surface area (TPSA) is 62.2 Å². The van der Waals surface area contributed by atoms with Gasteiger partial charge in [-0.2, -0.15) is 0 Å². The molecule has 0 heterocycles. The Morgan fingerprint density at radius 2 is 1.57 bits per heavy atom. The van der Waals surface area contributed by atoms with E-state index in [1.54, 1.807) is 0 Å². The molecule has 0 atom stereocenters. The molecule has 88 valence electrons. The summed E-state index contributed by atoms with van der Waals surface area (Å²) in [6.07, 6.45) is 2.00. The average molecular weight is 321 g/mol. The Morgan fingerprint density at radius 1 is 1.07 bits per heavy atom. The molecule has 0 saturated heterocycles. The summed E-state index contributed by atoms with van der Waals surface area (Å²) in [7, 11) is 0. The molecule has 14 heavy (non-hydrogen) atoms. The molecule has 0 fully saturated rings. The predicted molar refractivity (Wildman–Crippen MR) is 63.1 cm³/mol. The summed E-state index contributed by atoms with van der Waals surface area (Å²) in [4.78, 5) is 10.1. The van der Waals surface area contributed by atoms with Gasteiger partial charge in [0, 0.05) is 0 Å². The van der Waals surface area contributed by atoms with Crippen molar-refractivity contribution >= 4 is 24.0 Å². The van der Waals surface area contributed by atoms with Gasteiger partial charge in [0.15, 0.2) is 0 Å². The van der Waals surface area contributed by atoms with E-state index in [2.05, 4.69) is 6.92 Å². The number of hydroxylamine groups is 2. The van der Waals surface area contributed by atoms with Crippen molar-refractivity contribution < 1.29 is 19.9 Å². The highest BCUT2D eigenvalue weighted by molar-refractivity contribution is 14.0. The van der Waals surface area contributed by atoms with Crippen molar-refractivity contribution in [3.63, 3.8) is 0 Å². The summed E-state index contributed by atoms with van der Waals surface area (Å²) in [5.74, 6) is 0. The molecule has 0 amide bonds. The largest absolute Gasteiger partial charge is 0.394 e. The second-order valence-electron chi connectivity index (χ2n) is 2.52. The van der Waals surface area contributed by atoms with Crippen molar-refractivity contribution in [2.75, 3.05) is 33.0 Å². The monoisotopic (exact) mass is 321 g/mol. The Hall–Kier alpha value is 0.530. The quantitative estimate of drug-likeness (QED) is 0.480. The smallest absolute Gasteiger partial charge is 0.0942 e. The molecule has 0 aromatic carbocycles. The van der Waals surface area contributed by atoms with Crippen LogP contribution in [0.3, 0.4) is 0 Å². The van der Waals surface area contributed by atoms with E-state index in [0.717, 1.165) is 12.8 Å². The van der Waals surface area contributed by atoms with Gasteiger partial charge in [-0.15, -0.1) is 24.0 Å². The lowest BCUT2D eigenvalue weighted by molar-refractivity contribution is -0.371. The van der Waals surface area contributed by atoms with Gasteiger partial charge in [0.1, 0.15) is 0 Å². The van der Waals surface area contributed by atoms with E-state index in [9.17, 15) is 0 Å². The molecule has 0 bridgehead atoms. The van der Waals surface area contributed by atoms with Crippen LogP contribution in [-0.4, -0.2) is 48.4 Å². The van der Waals surface area contributed by atoms with Crippen LogP contribution >= 0.6 is 24.0 Å². The molecule has 2 N–H and O–H groups in total. The Kier molecular flexibility index (Phi) is 16.4. The number of unbranched alkanes of at least 4 members (excludes halogenated alkanes) is 1. The summed E-state index contributed by atoms with van der Waals surface area (Å²) < 4.78 is 0. The highest BCUT2D eigenvalue weighted by Gasteiger charge is 2.03. The van der Waals surface area contributed by atoms with Crippen LogP contribution in [0.4, 0.5) is 0 Å². The van der Waals surface area contributed by atoms with Crippen LogP contribution in [0.25, 0.3) is 0 Å². The molecule has 0 radical (unpaired) electrons. The van der Waals surface area contributed by atoms with E-state index < -0.39 is 0 Å². The van der Waals surface area contributed by atoms with E-state index >= 15 is 0 Å². The fourth-order valence-corrected chi connectivity index (χ4v) is 0.739. The van der Waals surface area contributed by atoms with E-state index in [1.165, 1.54) is 5.23 Å². The molecule has 5 nitrogen and oxygen atoms in total. The van der Waals surface area contributed by atoms with Gasteiger partial charge in [-0.1, -0.05) is 18.6 Å².